The van der Waals surface area contributed by atoms with E-state index in [1.54, 1.807) is 18.3 Å². The number of fused-ring (bicyclic) bond motifs is 1. The van der Waals surface area contributed by atoms with Crippen LogP contribution in [0.4, 0.5) is 11.4 Å². The maximum Gasteiger partial charge on any atom is 0.230 e. The molecule has 0 atom stereocenters. The zero-order valence-corrected chi connectivity index (χ0v) is 15.7. The summed E-state index contributed by atoms with van der Waals surface area (Å²) in [6.07, 6.45) is 7.22. The molecule has 1 saturated carbocycles. The van der Waals surface area contributed by atoms with E-state index in [4.69, 9.17) is 0 Å². The van der Waals surface area contributed by atoms with Crippen LogP contribution in [-0.4, -0.2) is 29.1 Å². The topological polar surface area (TPSA) is 79.4 Å². The third-order valence-corrected chi connectivity index (χ3v) is 5.24. The lowest BCUT2D eigenvalue weighted by molar-refractivity contribution is -0.120. The minimum Gasteiger partial charge on any atom is -0.326 e. The maximum atomic E-state index is 12.6. The van der Waals surface area contributed by atoms with Gasteiger partial charge in [-0.2, -0.15) is 0 Å². The molecule has 1 N–H and O–H groups in total. The standard InChI is InChI=1S/C22H23N3O3/c26-20(17-3-1-11-23-14-17)9-10-21(27)24-18-8-7-15-4-2-12-25(19(15)13-18)22(28)16-5-6-16/h1,3,7-8,11,13-14,16H,2,4-6,9-10,12H2,(H,24,27). The lowest BCUT2D eigenvalue weighted by Crippen LogP contribution is -2.36. The number of anilines is 2. The Bertz CT molecular complexity index is 906. The second kappa shape index (κ2) is 7.92. The Morgan fingerprint density at radius 3 is 2.75 bits per heavy atom. The fourth-order valence-corrected chi connectivity index (χ4v) is 3.55. The van der Waals surface area contributed by atoms with Crippen molar-refractivity contribution in [2.45, 2.75) is 38.5 Å². The first kappa shape index (κ1) is 18.3. The Kier molecular flexibility index (Phi) is 5.19. The molecule has 6 nitrogen and oxygen atoms in total. The first-order valence-corrected chi connectivity index (χ1v) is 9.79. The Labute approximate surface area is 164 Å². The molecule has 2 amide bonds. The first-order valence-electron chi connectivity index (χ1n) is 9.79. The minimum atomic E-state index is -0.215. The Morgan fingerprint density at radius 1 is 1.14 bits per heavy atom. The number of Topliss-reactive ketones (excluding diaryl/α,β-unsaturated/α-hetero) is 1. The minimum absolute atomic E-state index is 0.102. The highest BCUT2D eigenvalue weighted by Gasteiger charge is 2.35. The maximum absolute atomic E-state index is 12.6. The quantitative estimate of drug-likeness (QED) is 0.783. The van der Waals surface area contributed by atoms with Crippen molar-refractivity contribution in [1.82, 2.24) is 4.98 Å². The summed E-state index contributed by atoms with van der Waals surface area (Å²) in [5, 5.41) is 2.86. The summed E-state index contributed by atoms with van der Waals surface area (Å²) < 4.78 is 0. The highest BCUT2D eigenvalue weighted by Crippen LogP contribution is 2.36. The van der Waals surface area contributed by atoms with Gasteiger partial charge in [0.1, 0.15) is 0 Å². The van der Waals surface area contributed by atoms with Crippen LogP contribution in [0.5, 0.6) is 0 Å². The van der Waals surface area contributed by atoms with Crippen LogP contribution in [0.25, 0.3) is 0 Å². The number of hydrogen-bond donors (Lipinski definition) is 1. The van der Waals surface area contributed by atoms with Crippen LogP contribution in [0.15, 0.2) is 42.7 Å². The van der Waals surface area contributed by atoms with Gasteiger partial charge < -0.3 is 10.2 Å². The number of carbonyl (C=O) groups is 3. The van der Waals surface area contributed by atoms with Gasteiger partial charge in [0.15, 0.2) is 5.78 Å². The lowest BCUT2D eigenvalue weighted by Gasteiger charge is -2.30. The largest absolute Gasteiger partial charge is 0.326 e. The van der Waals surface area contributed by atoms with Gasteiger partial charge in [0, 0.05) is 54.6 Å². The summed E-state index contributed by atoms with van der Waals surface area (Å²) in [6.45, 7) is 0.735. The van der Waals surface area contributed by atoms with Crippen LogP contribution < -0.4 is 10.2 Å². The number of pyridine rings is 1. The summed E-state index contributed by atoms with van der Waals surface area (Å²) in [5.41, 5.74) is 3.23. The van der Waals surface area contributed by atoms with Crippen molar-refractivity contribution in [2.24, 2.45) is 5.92 Å². The van der Waals surface area contributed by atoms with Gasteiger partial charge in [-0.05, 0) is 55.5 Å². The molecule has 2 aromatic rings. The molecule has 1 aromatic heterocycles. The molecular formula is C22H23N3O3. The summed E-state index contributed by atoms with van der Waals surface area (Å²) >= 11 is 0. The first-order chi connectivity index (χ1) is 13.6. The molecule has 1 aliphatic carbocycles. The van der Waals surface area contributed by atoms with Gasteiger partial charge >= 0.3 is 0 Å². The average Bonchev–Trinajstić information content (AvgIpc) is 3.57. The Hall–Kier alpha value is -3.02. The van der Waals surface area contributed by atoms with Crippen molar-refractivity contribution in [3.05, 3.63) is 53.9 Å². The predicted octanol–water partition coefficient (Wildman–Crippen LogP) is 3.37. The van der Waals surface area contributed by atoms with E-state index in [9.17, 15) is 14.4 Å². The van der Waals surface area contributed by atoms with E-state index in [1.165, 1.54) is 6.20 Å². The monoisotopic (exact) mass is 377 g/mol. The molecule has 2 aliphatic rings. The van der Waals surface area contributed by atoms with E-state index in [-0.39, 0.29) is 36.4 Å². The highest BCUT2D eigenvalue weighted by atomic mass is 16.2. The molecule has 0 saturated heterocycles. The van der Waals surface area contributed by atoms with E-state index in [0.29, 0.717) is 11.3 Å². The number of rotatable bonds is 6. The second-order valence-electron chi connectivity index (χ2n) is 7.42. The number of ketones is 1. The van der Waals surface area contributed by atoms with Gasteiger partial charge in [-0.1, -0.05) is 6.07 Å². The Balaban J connectivity index is 1.39. The van der Waals surface area contributed by atoms with Crippen molar-refractivity contribution in [3.8, 4) is 0 Å². The van der Waals surface area contributed by atoms with Crippen molar-refractivity contribution in [3.63, 3.8) is 0 Å². The van der Waals surface area contributed by atoms with E-state index in [2.05, 4.69) is 10.3 Å². The zero-order valence-electron chi connectivity index (χ0n) is 15.7. The number of benzene rings is 1. The predicted molar refractivity (Wildman–Crippen MR) is 106 cm³/mol. The number of amides is 2. The number of carbonyl (C=O) groups excluding carboxylic acids is 3. The molecule has 1 fully saturated rings. The Morgan fingerprint density at radius 2 is 2.00 bits per heavy atom. The van der Waals surface area contributed by atoms with Crippen LogP contribution in [0.1, 0.15) is 48.0 Å². The molecule has 0 radical (unpaired) electrons. The van der Waals surface area contributed by atoms with E-state index in [0.717, 1.165) is 43.5 Å². The third-order valence-electron chi connectivity index (χ3n) is 5.24. The molecule has 1 aliphatic heterocycles. The molecule has 144 valence electrons. The summed E-state index contributed by atoms with van der Waals surface area (Å²) in [4.78, 5) is 42.8. The normalized spacial score (nSPS) is 15.6. The summed E-state index contributed by atoms with van der Waals surface area (Å²) in [7, 11) is 0. The molecule has 0 spiro atoms. The molecule has 0 unspecified atom stereocenters. The molecule has 1 aromatic carbocycles. The fourth-order valence-electron chi connectivity index (χ4n) is 3.55. The highest BCUT2D eigenvalue weighted by molar-refractivity contribution is 6.01. The van der Waals surface area contributed by atoms with Crippen molar-refractivity contribution in [2.75, 3.05) is 16.8 Å². The second-order valence-corrected chi connectivity index (χ2v) is 7.42. The van der Waals surface area contributed by atoms with Crippen molar-refractivity contribution >= 4 is 29.0 Å². The van der Waals surface area contributed by atoms with Crippen molar-refractivity contribution in [1.29, 1.82) is 0 Å². The van der Waals surface area contributed by atoms with Gasteiger partial charge in [0.2, 0.25) is 11.8 Å². The van der Waals surface area contributed by atoms with Gasteiger partial charge in [0.05, 0.1) is 0 Å². The van der Waals surface area contributed by atoms with Crippen LogP contribution in [0.3, 0.4) is 0 Å². The molecule has 4 rings (SSSR count). The van der Waals surface area contributed by atoms with E-state index < -0.39 is 0 Å². The van der Waals surface area contributed by atoms with E-state index in [1.807, 2.05) is 23.1 Å². The number of nitrogens with one attached hydrogen (secondary N) is 1. The van der Waals surface area contributed by atoms with Crippen molar-refractivity contribution < 1.29 is 14.4 Å². The molecule has 28 heavy (non-hydrogen) atoms. The van der Waals surface area contributed by atoms with Crippen LogP contribution >= 0.6 is 0 Å². The molecular weight excluding hydrogens is 354 g/mol. The molecule has 6 heteroatoms. The van der Waals surface area contributed by atoms with Crippen LogP contribution in [0, 0.1) is 5.92 Å². The smallest absolute Gasteiger partial charge is 0.230 e. The van der Waals surface area contributed by atoms with Gasteiger partial charge in [-0.25, -0.2) is 0 Å². The number of nitrogens with zero attached hydrogens (tertiary/aromatic N) is 2. The molecule has 0 bridgehead atoms. The molecule has 2 heterocycles. The third kappa shape index (κ3) is 4.11. The van der Waals surface area contributed by atoms with Crippen LogP contribution in [0.2, 0.25) is 0 Å². The SMILES string of the molecule is O=C(CCC(=O)c1cccnc1)Nc1ccc2c(c1)N(C(=O)C1CC1)CCC2. The van der Waals surface area contributed by atoms with Gasteiger partial charge in [-0.3, -0.25) is 19.4 Å². The van der Waals surface area contributed by atoms with E-state index >= 15 is 0 Å². The average molecular weight is 377 g/mol. The van der Waals surface area contributed by atoms with Crippen LogP contribution in [-0.2, 0) is 16.0 Å². The van der Waals surface area contributed by atoms with Gasteiger partial charge in [-0.15, -0.1) is 0 Å². The fraction of sp³-hybridized carbons (Fsp3) is 0.364. The van der Waals surface area contributed by atoms with Gasteiger partial charge in [0.25, 0.3) is 0 Å². The number of hydrogen-bond acceptors (Lipinski definition) is 4. The number of aromatic nitrogens is 1. The zero-order chi connectivity index (χ0) is 19.5. The summed E-state index contributed by atoms with van der Waals surface area (Å²) in [5.74, 6) is 0.0529. The summed E-state index contributed by atoms with van der Waals surface area (Å²) in [6, 6.07) is 9.13. The lowest BCUT2D eigenvalue weighted by atomic mass is 10.0. The number of aryl methyl sites for hydroxylation is 1.